The summed E-state index contributed by atoms with van der Waals surface area (Å²) in [5.74, 6) is 0.662. The highest BCUT2D eigenvalue weighted by Crippen LogP contribution is 2.28. The Labute approximate surface area is 174 Å². The van der Waals surface area contributed by atoms with Gasteiger partial charge in [0.25, 0.3) is 5.56 Å². The van der Waals surface area contributed by atoms with Crippen molar-refractivity contribution in [2.75, 3.05) is 5.75 Å². The Morgan fingerprint density at radius 2 is 1.90 bits per heavy atom. The maximum atomic E-state index is 12.4. The van der Waals surface area contributed by atoms with Crippen LogP contribution >= 0.6 is 0 Å². The molecule has 0 fully saturated rings. The number of pyridine rings is 1. The first-order valence-corrected chi connectivity index (χ1v) is 11.3. The van der Waals surface area contributed by atoms with Crippen LogP contribution < -0.4 is 10.3 Å². The fourth-order valence-electron chi connectivity index (χ4n) is 3.08. The molecule has 0 bridgehead atoms. The summed E-state index contributed by atoms with van der Waals surface area (Å²) < 4.78 is 37.1. The Hall–Kier alpha value is -3.01. The molecule has 0 aliphatic rings. The molecule has 3 aromatic heterocycles. The lowest BCUT2D eigenvalue weighted by molar-refractivity contribution is 0.379. The van der Waals surface area contributed by atoms with Gasteiger partial charge in [-0.2, -0.15) is 9.97 Å². The van der Waals surface area contributed by atoms with Gasteiger partial charge in [-0.25, -0.2) is 8.42 Å². The van der Waals surface area contributed by atoms with Crippen molar-refractivity contribution in [3.05, 3.63) is 51.4 Å². The van der Waals surface area contributed by atoms with E-state index in [9.17, 15) is 13.2 Å². The van der Waals surface area contributed by atoms with Gasteiger partial charge in [-0.3, -0.25) is 4.79 Å². The quantitative estimate of drug-likeness (QED) is 0.559. The van der Waals surface area contributed by atoms with Gasteiger partial charge in [-0.15, -0.1) is 0 Å². The molecule has 10 heteroatoms. The molecule has 0 unspecified atom stereocenters. The van der Waals surface area contributed by atoms with Crippen molar-refractivity contribution in [2.24, 2.45) is 7.05 Å². The molecule has 30 heavy (non-hydrogen) atoms. The third kappa shape index (κ3) is 4.76. The zero-order chi connectivity index (χ0) is 22.1. The van der Waals surface area contributed by atoms with Gasteiger partial charge >= 0.3 is 6.01 Å². The van der Waals surface area contributed by atoms with Gasteiger partial charge in [0, 0.05) is 31.3 Å². The molecule has 0 N–H and O–H groups in total. The van der Waals surface area contributed by atoms with Crippen molar-refractivity contribution in [3.63, 3.8) is 0 Å². The lowest BCUT2D eigenvalue weighted by Crippen LogP contribution is -2.18. The Balaban J connectivity index is 2.12. The van der Waals surface area contributed by atoms with Gasteiger partial charge in [-0.1, -0.05) is 12.1 Å². The fourth-order valence-corrected chi connectivity index (χ4v) is 4.44. The largest absolute Gasteiger partial charge is 0.418 e. The highest BCUT2D eigenvalue weighted by Gasteiger charge is 2.18. The first kappa shape index (κ1) is 21.7. The minimum Gasteiger partial charge on any atom is -0.418 e. The Bertz CT molecular complexity index is 1200. The summed E-state index contributed by atoms with van der Waals surface area (Å²) in [6, 6.07) is 3.29. The van der Waals surface area contributed by atoms with E-state index in [1.165, 1.54) is 4.57 Å². The van der Waals surface area contributed by atoms with Gasteiger partial charge in [0.15, 0.2) is 21.3 Å². The molecule has 0 saturated carbocycles. The van der Waals surface area contributed by atoms with Crippen LogP contribution in [-0.2, 0) is 22.6 Å². The molecule has 0 spiro atoms. The number of ether oxygens (including phenoxy) is 1. The monoisotopic (exact) mass is 432 g/mol. The summed E-state index contributed by atoms with van der Waals surface area (Å²) in [4.78, 5) is 20.8. The van der Waals surface area contributed by atoms with E-state index in [0.717, 1.165) is 0 Å². The van der Waals surface area contributed by atoms with Crippen LogP contribution in [0.25, 0.3) is 11.3 Å². The molecular formula is C20H24N4O5S. The lowest BCUT2D eigenvalue weighted by Gasteiger charge is -2.11. The third-order valence-electron chi connectivity index (χ3n) is 4.46. The second-order valence-corrected chi connectivity index (χ2v) is 9.39. The van der Waals surface area contributed by atoms with Crippen LogP contribution in [0.2, 0.25) is 0 Å². The summed E-state index contributed by atoms with van der Waals surface area (Å²) in [5.41, 5.74) is 2.36. The van der Waals surface area contributed by atoms with Crippen molar-refractivity contribution in [2.45, 2.75) is 39.9 Å². The van der Waals surface area contributed by atoms with Crippen molar-refractivity contribution in [1.29, 1.82) is 0 Å². The van der Waals surface area contributed by atoms with E-state index in [1.807, 2.05) is 6.92 Å². The number of hydrogen-bond acceptors (Lipinski definition) is 8. The maximum absolute atomic E-state index is 12.4. The number of hydrogen-bond donors (Lipinski definition) is 0. The Morgan fingerprint density at radius 1 is 1.17 bits per heavy atom. The Morgan fingerprint density at radius 3 is 2.50 bits per heavy atom. The molecule has 3 rings (SSSR count). The number of aromatic nitrogens is 4. The fraction of sp³-hybridized carbons (Fsp3) is 0.400. The summed E-state index contributed by atoms with van der Waals surface area (Å²) >= 11 is 0. The zero-order valence-electron chi connectivity index (χ0n) is 17.6. The van der Waals surface area contributed by atoms with Gasteiger partial charge in [-0.05, 0) is 32.4 Å². The predicted octanol–water partition coefficient (Wildman–Crippen LogP) is 2.87. The summed E-state index contributed by atoms with van der Waals surface area (Å²) in [7, 11) is -1.69. The molecule has 0 amide bonds. The first-order chi connectivity index (χ1) is 14.1. The minimum absolute atomic E-state index is 0.0184. The molecule has 160 valence electrons. The van der Waals surface area contributed by atoms with E-state index in [-0.39, 0.29) is 23.1 Å². The van der Waals surface area contributed by atoms with Crippen LogP contribution in [-0.4, -0.2) is 33.9 Å². The normalized spacial score (nSPS) is 11.6. The number of nitrogens with zero attached hydrogens (tertiary/aromatic N) is 4. The van der Waals surface area contributed by atoms with Crippen molar-refractivity contribution in [3.8, 4) is 23.0 Å². The number of aryl methyl sites for hydroxylation is 4. The average molecular weight is 433 g/mol. The number of rotatable bonds is 7. The van der Waals surface area contributed by atoms with E-state index in [2.05, 4.69) is 15.1 Å². The van der Waals surface area contributed by atoms with Crippen molar-refractivity contribution in [1.82, 2.24) is 19.7 Å². The Kier molecular flexibility index (Phi) is 6.06. The van der Waals surface area contributed by atoms with Crippen LogP contribution in [0.1, 0.15) is 36.1 Å². The van der Waals surface area contributed by atoms with E-state index < -0.39 is 9.84 Å². The summed E-state index contributed by atoms with van der Waals surface area (Å²) in [5, 5.41) is 3.84. The van der Waals surface area contributed by atoms with Crippen LogP contribution in [0.4, 0.5) is 0 Å². The van der Waals surface area contributed by atoms with E-state index in [1.54, 1.807) is 46.1 Å². The lowest BCUT2D eigenvalue weighted by atomic mass is 10.1. The van der Waals surface area contributed by atoms with E-state index >= 15 is 0 Å². The van der Waals surface area contributed by atoms with Crippen LogP contribution in [0.3, 0.4) is 0 Å². The molecule has 0 radical (unpaired) electrons. The van der Waals surface area contributed by atoms with Gasteiger partial charge in [0.1, 0.15) is 5.69 Å². The zero-order valence-corrected chi connectivity index (χ0v) is 18.4. The molecule has 0 saturated heterocycles. The molecule has 3 heterocycles. The molecule has 3 aromatic rings. The second kappa shape index (κ2) is 8.39. The highest BCUT2D eigenvalue weighted by atomic mass is 32.2. The first-order valence-electron chi connectivity index (χ1n) is 9.46. The van der Waals surface area contributed by atoms with Crippen molar-refractivity contribution >= 4 is 9.84 Å². The van der Waals surface area contributed by atoms with Gasteiger partial charge < -0.3 is 13.8 Å². The van der Waals surface area contributed by atoms with E-state index in [0.29, 0.717) is 46.1 Å². The summed E-state index contributed by atoms with van der Waals surface area (Å²) in [6.07, 6.45) is 2.16. The van der Waals surface area contributed by atoms with Gasteiger partial charge in [0.2, 0.25) is 0 Å². The van der Waals surface area contributed by atoms with Crippen LogP contribution in [0, 0.1) is 20.8 Å². The molecule has 0 aliphatic carbocycles. The van der Waals surface area contributed by atoms with Crippen LogP contribution in [0.5, 0.6) is 11.8 Å². The second-order valence-electron chi connectivity index (χ2n) is 7.20. The minimum atomic E-state index is -3.33. The van der Waals surface area contributed by atoms with Gasteiger partial charge in [0.05, 0.1) is 22.9 Å². The average Bonchev–Trinajstić information content (AvgIpc) is 2.97. The summed E-state index contributed by atoms with van der Waals surface area (Å²) in [6.45, 7) is 6.93. The predicted molar refractivity (Wildman–Crippen MR) is 111 cm³/mol. The molecule has 0 aromatic carbocycles. The standard InChI is InChI=1S/C20H24N4O5S/c1-6-7-30(26,27)11-16-9-17(15-8-12(2)19(25)24(5)10-15)22-20(21-16)28-18-13(3)23-29-14(18)4/h8-10H,6-7,11H2,1-5H3. The SMILES string of the molecule is CCCS(=O)(=O)Cc1cc(-c2cc(C)c(=O)n(C)c2)nc(Oc2c(C)noc2C)n1. The molecular weight excluding hydrogens is 408 g/mol. The van der Waals surface area contributed by atoms with Crippen LogP contribution in [0.15, 0.2) is 27.6 Å². The van der Waals surface area contributed by atoms with Crippen molar-refractivity contribution < 1.29 is 17.7 Å². The smallest absolute Gasteiger partial charge is 0.322 e. The molecule has 9 nitrogen and oxygen atoms in total. The maximum Gasteiger partial charge on any atom is 0.322 e. The highest BCUT2D eigenvalue weighted by molar-refractivity contribution is 7.90. The van der Waals surface area contributed by atoms with E-state index in [4.69, 9.17) is 9.26 Å². The third-order valence-corrected chi connectivity index (χ3v) is 6.23. The molecule has 0 aliphatic heterocycles. The molecule has 0 atom stereocenters. The number of sulfone groups is 1. The topological polar surface area (TPSA) is 117 Å².